The summed E-state index contributed by atoms with van der Waals surface area (Å²) >= 11 is 0. The highest BCUT2D eigenvalue weighted by atomic mass is 19.1. The van der Waals surface area contributed by atoms with Gasteiger partial charge in [0.05, 0.1) is 23.1 Å². The molecule has 1 atom stereocenters. The van der Waals surface area contributed by atoms with E-state index in [1.807, 2.05) is 0 Å². The first-order chi connectivity index (χ1) is 18.2. The molecule has 1 saturated heterocycles. The smallest absolute Gasteiger partial charge is 0.311 e. The molecule has 2 N–H and O–H groups in total. The van der Waals surface area contributed by atoms with Crippen molar-refractivity contribution in [2.24, 2.45) is 0 Å². The summed E-state index contributed by atoms with van der Waals surface area (Å²) < 4.78 is 19.7. The van der Waals surface area contributed by atoms with E-state index in [1.54, 1.807) is 12.1 Å². The summed E-state index contributed by atoms with van der Waals surface area (Å²) in [5, 5.41) is 32.6. The zero-order chi connectivity index (χ0) is 27.4. The number of Topliss-reactive ketones (excluding diaryl/α,β-unsaturated/α-hetero) is 1. The standard InChI is InChI=1S/C28H25FN2O7/c1-2-3-4-14-38-21-11-8-17(9-12-21)26(33)24-25(18-10-13-23(32)22(15-18)31(36)37)30(28(35)27(24)34)20-7-5-6-19(29)16-20/h5-13,15-16,25,32-33H,2-4,14H2,1H3/b26-24-. The fourth-order valence-electron chi connectivity index (χ4n) is 4.30. The lowest BCUT2D eigenvalue weighted by atomic mass is 9.94. The number of unbranched alkanes of at least 4 members (excludes halogenated alkanes) is 2. The highest BCUT2D eigenvalue weighted by Gasteiger charge is 2.47. The molecule has 9 nitrogen and oxygen atoms in total. The van der Waals surface area contributed by atoms with Gasteiger partial charge in [0.25, 0.3) is 11.7 Å². The Balaban J connectivity index is 1.82. The lowest BCUT2D eigenvalue weighted by Crippen LogP contribution is -2.29. The fourth-order valence-corrected chi connectivity index (χ4v) is 4.30. The number of nitro benzene ring substituents is 1. The monoisotopic (exact) mass is 520 g/mol. The van der Waals surface area contributed by atoms with Gasteiger partial charge in [0, 0.05) is 17.3 Å². The Morgan fingerprint density at radius 2 is 1.82 bits per heavy atom. The van der Waals surface area contributed by atoms with E-state index < -0.39 is 45.7 Å². The van der Waals surface area contributed by atoms with Crippen molar-refractivity contribution in [2.75, 3.05) is 11.5 Å². The largest absolute Gasteiger partial charge is 0.507 e. The molecular formula is C28H25FN2O7. The summed E-state index contributed by atoms with van der Waals surface area (Å²) in [6.07, 6.45) is 2.97. The van der Waals surface area contributed by atoms with Crippen LogP contribution >= 0.6 is 0 Å². The molecule has 1 aliphatic rings. The molecule has 3 aromatic carbocycles. The summed E-state index contributed by atoms with van der Waals surface area (Å²) in [6.45, 7) is 2.61. The maximum Gasteiger partial charge on any atom is 0.311 e. The van der Waals surface area contributed by atoms with Gasteiger partial charge in [-0.3, -0.25) is 24.6 Å². The minimum Gasteiger partial charge on any atom is -0.507 e. The number of carbonyl (C=O) groups is 2. The fraction of sp³-hybridized carbons (Fsp3) is 0.214. The van der Waals surface area contributed by atoms with Crippen molar-refractivity contribution in [3.63, 3.8) is 0 Å². The first-order valence-corrected chi connectivity index (χ1v) is 12.0. The minimum absolute atomic E-state index is 0.0164. The number of hydrogen-bond donors (Lipinski definition) is 2. The number of aliphatic hydroxyl groups is 1. The summed E-state index contributed by atoms with van der Waals surface area (Å²) in [4.78, 5) is 38.0. The molecule has 4 rings (SSSR count). The second-order valence-corrected chi connectivity index (χ2v) is 8.73. The maximum atomic E-state index is 14.1. The Morgan fingerprint density at radius 1 is 1.08 bits per heavy atom. The lowest BCUT2D eigenvalue weighted by Gasteiger charge is -2.25. The van der Waals surface area contributed by atoms with Gasteiger partial charge >= 0.3 is 5.69 Å². The van der Waals surface area contributed by atoms with E-state index in [4.69, 9.17) is 4.74 Å². The average Bonchev–Trinajstić information content (AvgIpc) is 3.17. The SMILES string of the molecule is CCCCCOc1ccc(/C(O)=C2/C(=O)C(=O)N(c3cccc(F)c3)C2c2ccc(O)c([N+](=O)[O-])c2)cc1. The van der Waals surface area contributed by atoms with Crippen LogP contribution in [0.5, 0.6) is 11.5 Å². The molecule has 10 heteroatoms. The lowest BCUT2D eigenvalue weighted by molar-refractivity contribution is -0.385. The van der Waals surface area contributed by atoms with Gasteiger partial charge in [0.1, 0.15) is 17.3 Å². The summed E-state index contributed by atoms with van der Waals surface area (Å²) in [5.41, 5.74) is -0.702. The molecule has 38 heavy (non-hydrogen) atoms. The van der Waals surface area contributed by atoms with Crippen LogP contribution in [0.4, 0.5) is 15.8 Å². The van der Waals surface area contributed by atoms with Crippen molar-refractivity contribution >= 4 is 28.8 Å². The Hall–Kier alpha value is -4.73. The van der Waals surface area contributed by atoms with E-state index in [1.165, 1.54) is 30.3 Å². The highest BCUT2D eigenvalue weighted by molar-refractivity contribution is 6.51. The van der Waals surface area contributed by atoms with E-state index >= 15 is 0 Å². The highest BCUT2D eigenvalue weighted by Crippen LogP contribution is 2.44. The van der Waals surface area contributed by atoms with E-state index in [0.29, 0.717) is 12.4 Å². The van der Waals surface area contributed by atoms with Crippen LogP contribution in [0.3, 0.4) is 0 Å². The normalized spacial score (nSPS) is 16.6. The molecule has 196 valence electrons. The third-order valence-electron chi connectivity index (χ3n) is 6.19. The number of rotatable bonds is 9. The average molecular weight is 521 g/mol. The molecule has 1 aliphatic heterocycles. The molecule has 3 aromatic rings. The van der Waals surface area contributed by atoms with Crippen LogP contribution in [0.1, 0.15) is 43.4 Å². The van der Waals surface area contributed by atoms with Crippen molar-refractivity contribution in [2.45, 2.75) is 32.2 Å². The summed E-state index contributed by atoms with van der Waals surface area (Å²) in [7, 11) is 0. The number of hydrogen-bond acceptors (Lipinski definition) is 7. The van der Waals surface area contributed by atoms with Crippen LogP contribution in [-0.4, -0.2) is 33.4 Å². The van der Waals surface area contributed by atoms with Gasteiger partial charge in [0.15, 0.2) is 5.75 Å². The van der Waals surface area contributed by atoms with Crippen LogP contribution in [0.2, 0.25) is 0 Å². The zero-order valence-electron chi connectivity index (χ0n) is 20.5. The number of nitrogens with zero attached hydrogens (tertiary/aromatic N) is 2. The van der Waals surface area contributed by atoms with E-state index in [-0.39, 0.29) is 22.4 Å². The number of ketones is 1. The number of phenolic OH excluding ortho intramolecular Hbond substituents is 1. The summed E-state index contributed by atoms with van der Waals surface area (Å²) in [6, 6.07) is 13.3. The molecule has 0 radical (unpaired) electrons. The quantitative estimate of drug-likeness (QED) is 0.0933. The Morgan fingerprint density at radius 3 is 2.47 bits per heavy atom. The van der Waals surface area contributed by atoms with Crippen LogP contribution in [-0.2, 0) is 9.59 Å². The van der Waals surface area contributed by atoms with Gasteiger partial charge in [-0.2, -0.15) is 0 Å². The third-order valence-corrected chi connectivity index (χ3v) is 6.19. The van der Waals surface area contributed by atoms with Crippen LogP contribution < -0.4 is 9.64 Å². The molecule has 1 heterocycles. The molecule has 1 amide bonds. The number of ether oxygens (including phenoxy) is 1. The van der Waals surface area contributed by atoms with Gasteiger partial charge in [-0.25, -0.2) is 4.39 Å². The second-order valence-electron chi connectivity index (χ2n) is 8.73. The number of carbonyl (C=O) groups excluding carboxylic acids is 2. The van der Waals surface area contributed by atoms with Crippen LogP contribution in [0.25, 0.3) is 5.76 Å². The van der Waals surface area contributed by atoms with Gasteiger partial charge in [-0.1, -0.05) is 31.9 Å². The van der Waals surface area contributed by atoms with Crippen molar-refractivity contribution in [1.82, 2.24) is 0 Å². The molecule has 0 aromatic heterocycles. The number of nitro groups is 1. The first kappa shape index (κ1) is 26.3. The third kappa shape index (κ3) is 5.19. The number of halogens is 1. The van der Waals surface area contributed by atoms with Crippen molar-refractivity contribution in [3.05, 3.63) is 99.4 Å². The maximum absolute atomic E-state index is 14.1. The molecule has 0 aliphatic carbocycles. The predicted octanol–water partition coefficient (Wildman–Crippen LogP) is 5.63. The number of amides is 1. The van der Waals surface area contributed by atoms with E-state index in [2.05, 4.69) is 6.92 Å². The summed E-state index contributed by atoms with van der Waals surface area (Å²) in [5.74, 6) is -3.34. The van der Waals surface area contributed by atoms with Crippen molar-refractivity contribution < 1.29 is 33.9 Å². The number of phenols is 1. The molecule has 0 bridgehead atoms. The Kier molecular flexibility index (Phi) is 7.71. The minimum atomic E-state index is -1.33. The number of aromatic hydroxyl groups is 1. The van der Waals surface area contributed by atoms with Gasteiger partial charge in [0.2, 0.25) is 0 Å². The van der Waals surface area contributed by atoms with Crippen LogP contribution in [0, 0.1) is 15.9 Å². The topological polar surface area (TPSA) is 130 Å². The van der Waals surface area contributed by atoms with Crippen molar-refractivity contribution in [3.8, 4) is 11.5 Å². The van der Waals surface area contributed by atoms with Crippen LogP contribution in [0.15, 0.2) is 72.3 Å². The number of aliphatic hydroxyl groups excluding tert-OH is 1. The van der Waals surface area contributed by atoms with E-state index in [9.17, 15) is 34.3 Å². The number of benzene rings is 3. The number of anilines is 1. The Labute approximate surface area is 217 Å². The first-order valence-electron chi connectivity index (χ1n) is 12.0. The molecule has 0 saturated carbocycles. The van der Waals surface area contributed by atoms with Crippen molar-refractivity contribution in [1.29, 1.82) is 0 Å². The predicted molar refractivity (Wildman–Crippen MR) is 137 cm³/mol. The molecular weight excluding hydrogens is 495 g/mol. The molecule has 0 spiro atoms. The Bertz CT molecular complexity index is 1420. The van der Waals surface area contributed by atoms with Gasteiger partial charge < -0.3 is 14.9 Å². The zero-order valence-corrected chi connectivity index (χ0v) is 20.5. The van der Waals surface area contributed by atoms with E-state index in [0.717, 1.165) is 48.4 Å². The molecule has 1 fully saturated rings. The second kappa shape index (κ2) is 11.1. The van der Waals surface area contributed by atoms with Gasteiger partial charge in [-0.05, 0) is 60.5 Å². The van der Waals surface area contributed by atoms with Gasteiger partial charge in [-0.15, -0.1) is 0 Å². The molecule has 1 unspecified atom stereocenters.